The van der Waals surface area contributed by atoms with Crippen LogP contribution in [0.4, 0.5) is 16.2 Å². The molecule has 202 valence electrons. The topological polar surface area (TPSA) is 82.2 Å². The van der Waals surface area contributed by atoms with Gasteiger partial charge in [0.2, 0.25) is 11.9 Å². The van der Waals surface area contributed by atoms with Crippen LogP contribution in [0.25, 0.3) is 22.0 Å². The largest absolute Gasteiger partial charge is 0.367 e. The fourth-order valence-electron chi connectivity index (χ4n) is 5.68. The Labute approximate surface area is 224 Å². The lowest BCUT2D eigenvalue weighted by molar-refractivity contribution is -0.127. The Morgan fingerprint density at radius 3 is 2.50 bits per heavy atom. The van der Waals surface area contributed by atoms with Crippen LogP contribution in [-0.2, 0) is 4.79 Å². The molecule has 3 N–H and O–H groups in total. The average molecular weight is 519 g/mol. The summed E-state index contributed by atoms with van der Waals surface area (Å²) in [5.41, 5.74) is 2.58. The molecular weight excluding hydrogens is 479 g/mol. The molecule has 2 heterocycles. The van der Waals surface area contributed by atoms with E-state index in [-0.39, 0.29) is 35.8 Å². The van der Waals surface area contributed by atoms with Crippen LogP contribution in [0.3, 0.4) is 0 Å². The molecule has 38 heavy (non-hydrogen) atoms. The normalized spacial score (nSPS) is 22.4. The van der Waals surface area contributed by atoms with Crippen LogP contribution in [0.1, 0.15) is 52.4 Å². The minimum absolute atomic E-state index is 0.108. The van der Waals surface area contributed by atoms with Crippen molar-refractivity contribution in [2.24, 2.45) is 5.92 Å². The van der Waals surface area contributed by atoms with Gasteiger partial charge in [0.05, 0.1) is 11.4 Å². The summed E-state index contributed by atoms with van der Waals surface area (Å²) in [5, 5.41) is 11.3. The third-order valence-electron chi connectivity index (χ3n) is 7.68. The predicted octanol–water partition coefficient (Wildman–Crippen LogP) is 5.44. The lowest BCUT2D eigenvalue weighted by Crippen LogP contribution is -2.46. The molecule has 7 nitrogen and oxygen atoms in total. The van der Waals surface area contributed by atoms with E-state index >= 15 is 0 Å². The van der Waals surface area contributed by atoms with Crippen molar-refractivity contribution in [1.29, 1.82) is 0 Å². The van der Waals surface area contributed by atoms with Crippen molar-refractivity contribution in [3.63, 3.8) is 0 Å². The number of piperidine rings is 1. The van der Waals surface area contributed by atoms with E-state index in [1.54, 1.807) is 12.1 Å². The number of halogens is 1. The van der Waals surface area contributed by atoms with Crippen LogP contribution in [0.2, 0.25) is 0 Å². The van der Waals surface area contributed by atoms with E-state index in [4.69, 9.17) is 9.97 Å². The molecule has 1 unspecified atom stereocenters. The van der Waals surface area contributed by atoms with Crippen molar-refractivity contribution in [2.75, 3.05) is 30.8 Å². The molecule has 3 aromatic rings. The van der Waals surface area contributed by atoms with E-state index < -0.39 is 0 Å². The van der Waals surface area contributed by atoms with Crippen molar-refractivity contribution in [1.82, 2.24) is 20.2 Å². The lowest BCUT2D eigenvalue weighted by atomic mass is 9.90. The first-order valence-electron chi connectivity index (χ1n) is 13.9. The number of hydrogen-bond acceptors (Lipinski definition) is 6. The van der Waals surface area contributed by atoms with E-state index in [9.17, 15) is 9.18 Å². The number of fused-ring (bicyclic) bond motifs is 1. The third kappa shape index (κ3) is 6.41. The summed E-state index contributed by atoms with van der Waals surface area (Å²) in [4.78, 5) is 24.6. The Morgan fingerprint density at radius 1 is 1.00 bits per heavy atom. The van der Waals surface area contributed by atoms with E-state index in [2.05, 4.69) is 41.7 Å². The summed E-state index contributed by atoms with van der Waals surface area (Å²) >= 11 is 0. The van der Waals surface area contributed by atoms with Crippen LogP contribution in [0.15, 0.2) is 42.5 Å². The number of rotatable bonds is 7. The number of nitrogens with one attached hydrogen (secondary N) is 3. The molecule has 1 amide bonds. The number of nitrogens with zero attached hydrogens (tertiary/aromatic N) is 3. The number of carbonyl (C=O) groups is 1. The zero-order chi connectivity index (χ0) is 26.6. The molecule has 8 heteroatoms. The van der Waals surface area contributed by atoms with Gasteiger partial charge in [0.25, 0.3) is 0 Å². The fourth-order valence-corrected chi connectivity index (χ4v) is 5.68. The van der Waals surface area contributed by atoms with Crippen molar-refractivity contribution in [3.8, 4) is 11.1 Å². The second-order valence-electron chi connectivity index (χ2n) is 11.2. The Hall–Kier alpha value is -3.26. The molecule has 2 aliphatic rings. The lowest BCUT2D eigenvalue weighted by Gasteiger charge is -2.33. The second kappa shape index (κ2) is 11.6. The third-order valence-corrected chi connectivity index (χ3v) is 7.68. The number of likely N-dealkylation sites (tertiary alicyclic amines) is 1. The van der Waals surface area contributed by atoms with Crippen molar-refractivity contribution < 1.29 is 9.18 Å². The van der Waals surface area contributed by atoms with Gasteiger partial charge in [-0.1, -0.05) is 18.2 Å². The van der Waals surface area contributed by atoms with Gasteiger partial charge in [-0.15, -0.1) is 0 Å². The van der Waals surface area contributed by atoms with Crippen LogP contribution in [-0.4, -0.2) is 59.0 Å². The van der Waals surface area contributed by atoms with E-state index in [0.717, 1.165) is 79.5 Å². The summed E-state index contributed by atoms with van der Waals surface area (Å²) in [6.07, 6.45) is 5.88. The highest BCUT2D eigenvalue weighted by Crippen LogP contribution is 2.31. The zero-order valence-corrected chi connectivity index (χ0v) is 22.6. The predicted molar refractivity (Wildman–Crippen MR) is 152 cm³/mol. The Bertz CT molecular complexity index is 1270. The highest BCUT2D eigenvalue weighted by atomic mass is 19.1. The molecule has 1 saturated carbocycles. The molecule has 1 aromatic heterocycles. The monoisotopic (exact) mass is 518 g/mol. The zero-order valence-electron chi connectivity index (χ0n) is 22.6. The summed E-state index contributed by atoms with van der Waals surface area (Å²) in [6, 6.07) is 13.3. The van der Waals surface area contributed by atoms with Gasteiger partial charge in [-0.2, -0.15) is 4.98 Å². The molecule has 1 aliphatic heterocycles. The number of hydrogen-bond donors (Lipinski definition) is 3. The minimum atomic E-state index is -0.256. The summed E-state index contributed by atoms with van der Waals surface area (Å²) in [7, 11) is 2.09. The highest BCUT2D eigenvalue weighted by Gasteiger charge is 2.28. The second-order valence-corrected chi connectivity index (χ2v) is 11.2. The number of carbonyl (C=O) groups excluding carboxylic acids is 1. The first-order chi connectivity index (χ1) is 18.3. The van der Waals surface area contributed by atoms with Crippen molar-refractivity contribution in [3.05, 3.63) is 48.3 Å². The van der Waals surface area contributed by atoms with Gasteiger partial charge in [-0.05, 0) is 101 Å². The van der Waals surface area contributed by atoms with E-state index in [0.29, 0.717) is 5.95 Å². The average Bonchev–Trinajstić information content (AvgIpc) is 2.89. The number of benzene rings is 2. The van der Waals surface area contributed by atoms with E-state index in [1.165, 1.54) is 6.07 Å². The maximum Gasteiger partial charge on any atom is 0.225 e. The maximum atomic E-state index is 13.9. The Kier molecular flexibility index (Phi) is 8.07. The summed E-state index contributed by atoms with van der Waals surface area (Å²) < 4.78 is 13.9. The molecule has 1 atom stereocenters. The number of aromatic nitrogens is 2. The quantitative estimate of drug-likeness (QED) is 0.387. The molecule has 1 saturated heterocycles. The van der Waals surface area contributed by atoms with Gasteiger partial charge in [0.15, 0.2) is 0 Å². The first kappa shape index (κ1) is 26.4. The number of anilines is 2. The van der Waals surface area contributed by atoms with Gasteiger partial charge in [-0.3, -0.25) is 4.79 Å². The summed E-state index contributed by atoms with van der Waals surface area (Å²) in [5.74, 6) is 1.44. The molecule has 2 aromatic carbocycles. The Morgan fingerprint density at radius 2 is 1.76 bits per heavy atom. The molecule has 0 radical (unpaired) electrons. The van der Waals surface area contributed by atoms with Crippen molar-refractivity contribution in [2.45, 2.75) is 70.5 Å². The molecular formula is C30H39FN6O. The van der Waals surface area contributed by atoms with Gasteiger partial charge in [0, 0.05) is 30.1 Å². The minimum Gasteiger partial charge on any atom is -0.367 e. The van der Waals surface area contributed by atoms with Crippen LogP contribution >= 0.6 is 0 Å². The van der Waals surface area contributed by atoms with Crippen LogP contribution in [0, 0.1) is 11.7 Å². The molecule has 1 aliphatic carbocycles. The molecule has 5 rings (SSSR count). The Balaban J connectivity index is 1.30. The van der Waals surface area contributed by atoms with Crippen molar-refractivity contribution >= 4 is 28.6 Å². The molecule has 0 spiro atoms. The van der Waals surface area contributed by atoms with Crippen LogP contribution in [0.5, 0.6) is 0 Å². The maximum absolute atomic E-state index is 13.9. The van der Waals surface area contributed by atoms with Gasteiger partial charge < -0.3 is 20.9 Å². The first-order valence-corrected chi connectivity index (χ1v) is 13.9. The fraction of sp³-hybridized carbons (Fsp3) is 0.500. The molecule has 2 fully saturated rings. The smallest absolute Gasteiger partial charge is 0.225 e. The van der Waals surface area contributed by atoms with Crippen LogP contribution < -0.4 is 16.0 Å². The highest BCUT2D eigenvalue weighted by molar-refractivity contribution is 5.93. The summed E-state index contributed by atoms with van der Waals surface area (Å²) in [6.45, 7) is 6.06. The molecule has 0 bridgehead atoms. The number of amides is 1. The standard InChI is InChI=1S/C30H39FN6O/c1-19(2)32-30-35-27-14-9-21(20-6-4-8-23(31)16-20)17-26(27)28(36-30)33-24-10-12-25(13-11-24)34-29(38)22-7-5-15-37(3)18-22/h4,6,8-9,14,16-17,19,22,24-25H,5,7,10-13,15,18H2,1-3H3,(H,34,38)(H2,32,33,35,36). The van der Waals surface area contributed by atoms with Gasteiger partial charge >= 0.3 is 0 Å². The van der Waals surface area contributed by atoms with Gasteiger partial charge in [0.1, 0.15) is 11.6 Å². The van der Waals surface area contributed by atoms with E-state index in [1.807, 2.05) is 24.3 Å². The SMILES string of the molecule is CC(C)Nc1nc(NC2CCC(NC(=O)C3CCCN(C)C3)CC2)c2cc(-c3cccc(F)c3)ccc2n1. The van der Waals surface area contributed by atoms with Gasteiger partial charge in [-0.25, -0.2) is 9.37 Å².